The summed E-state index contributed by atoms with van der Waals surface area (Å²) in [5, 5.41) is 3.97. The van der Waals surface area contributed by atoms with Gasteiger partial charge in [0.2, 0.25) is 0 Å². The van der Waals surface area contributed by atoms with Crippen molar-refractivity contribution in [3.8, 4) is 0 Å². The van der Waals surface area contributed by atoms with Crippen LogP contribution in [0.15, 0.2) is 27.7 Å². The molecule has 2 atom stereocenters. The van der Waals surface area contributed by atoms with E-state index >= 15 is 0 Å². The van der Waals surface area contributed by atoms with E-state index in [1.54, 1.807) is 19.9 Å². The Hall–Kier alpha value is -1.13. The lowest BCUT2D eigenvalue weighted by atomic mass is 9.97. The maximum Gasteiger partial charge on any atom is 0.475 e. The van der Waals surface area contributed by atoms with Gasteiger partial charge in [-0.2, -0.15) is 0 Å². The van der Waals surface area contributed by atoms with Crippen LogP contribution < -0.4 is 10.9 Å². The Kier molecular flexibility index (Phi) is 9.03. The average molecular weight is 551 g/mol. The smallest absolute Gasteiger partial charge is 0.311 e. The zero-order chi connectivity index (χ0) is 23.3. The normalized spacial score (nSPS) is 19.4. The molecule has 2 aromatic rings. The van der Waals surface area contributed by atoms with Crippen LogP contribution in [0.4, 0.5) is 0 Å². The number of halogens is 2. The highest BCUT2D eigenvalue weighted by atomic mass is 79.9. The molecule has 1 saturated heterocycles. The lowest BCUT2D eigenvalue weighted by Gasteiger charge is -2.33. The lowest BCUT2D eigenvalue weighted by molar-refractivity contribution is -0.121. The largest absolute Gasteiger partial charge is 0.475 e. The minimum Gasteiger partial charge on any atom is -0.311 e. The fourth-order valence-electron chi connectivity index (χ4n) is 3.60. The number of ketones is 1. The molecular weight excluding hydrogens is 525 g/mol. The fourth-order valence-corrected chi connectivity index (χ4v) is 5.51. The molecule has 1 aromatic carbocycles. The number of piperidine rings is 1. The molecule has 176 valence electrons. The summed E-state index contributed by atoms with van der Waals surface area (Å²) in [4.78, 5) is 29.9. The fraction of sp³-hybridized carbons (Fsp3) is 0.550. The summed E-state index contributed by atoms with van der Waals surface area (Å²) in [7, 11) is -3.71. The van der Waals surface area contributed by atoms with Crippen molar-refractivity contribution in [3.63, 3.8) is 0 Å². The first-order valence-electron chi connectivity index (χ1n) is 10.4. The van der Waals surface area contributed by atoms with Crippen LogP contribution in [-0.2, 0) is 29.5 Å². The highest BCUT2D eigenvalue weighted by Gasteiger charge is 2.36. The molecule has 12 heteroatoms. The molecule has 0 radical (unpaired) electrons. The van der Waals surface area contributed by atoms with Crippen molar-refractivity contribution >= 4 is 52.0 Å². The first-order valence-corrected chi connectivity index (χ1v) is 13.1. The summed E-state index contributed by atoms with van der Waals surface area (Å²) < 4.78 is 30.9. The lowest BCUT2D eigenvalue weighted by Crippen LogP contribution is -2.47. The summed E-state index contributed by atoms with van der Waals surface area (Å²) >= 11 is 9.41. The zero-order valence-electron chi connectivity index (χ0n) is 17.9. The second-order valence-corrected chi connectivity index (χ2v) is 10.2. The van der Waals surface area contributed by atoms with Crippen molar-refractivity contribution in [2.24, 2.45) is 0 Å². The van der Waals surface area contributed by atoms with Crippen LogP contribution in [0.1, 0.15) is 33.1 Å². The molecule has 0 saturated carbocycles. The van der Waals surface area contributed by atoms with Crippen LogP contribution in [0.2, 0.25) is 5.02 Å². The quantitative estimate of drug-likeness (QED) is 0.441. The van der Waals surface area contributed by atoms with Crippen molar-refractivity contribution in [1.29, 1.82) is 0 Å². The Labute approximate surface area is 199 Å². The van der Waals surface area contributed by atoms with E-state index in [4.69, 9.17) is 25.2 Å². The SMILES string of the molecule is CCOP(=O)(OCC)O[C@@H]1CCCN[C@H]1CC(=O)Cn1cnc2cc(Br)c(Cl)cc2c1=O. The molecule has 1 N–H and O–H groups in total. The zero-order valence-corrected chi connectivity index (χ0v) is 21.1. The van der Waals surface area contributed by atoms with Gasteiger partial charge >= 0.3 is 7.82 Å². The molecule has 32 heavy (non-hydrogen) atoms. The van der Waals surface area contributed by atoms with Crippen molar-refractivity contribution in [2.75, 3.05) is 19.8 Å². The number of nitrogens with zero attached hydrogens (tertiary/aromatic N) is 2. The summed E-state index contributed by atoms with van der Waals surface area (Å²) in [5.74, 6) is -0.188. The van der Waals surface area contributed by atoms with E-state index in [1.807, 2.05) is 0 Å². The monoisotopic (exact) mass is 549 g/mol. The van der Waals surface area contributed by atoms with Gasteiger partial charge < -0.3 is 5.32 Å². The second kappa shape index (κ2) is 11.3. The summed E-state index contributed by atoms with van der Waals surface area (Å²) in [6, 6.07) is 2.82. The van der Waals surface area contributed by atoms with Crippen LogP contribution in [0, 0.1) is 0 Å². The number of rotatable bonds is 10. The van der Waals surface area contributed by atoms with E-state index in [2.05, 4.69) is 26.2 Å². The van der Waals surface area contributed by atoms with Gasteiger partial charge in [-0.1, -0.05) is 11.6 Å². The number of phosphoric acid groups is 1. The number of hydrogen-bond donors (Lipinski definition) is 1. The van der Waals surface area contributed by atoms with Crippen molar-refractivity contribution in [2.45, 2.75) is 51.8 Å². The van der Waals surface area contributed by atoms with E-state index < -0.39 is 13.9 Å². The molecule has 0 unspecified atom stereocenters. The molecule has 1 fully saturated rings. The van der Waals surface area contributed by atoms with Crippen molar-refractivity contribution in [3.05, 3.63) is 38.3 Å². The van der Waals surface area contributed by atoms with E-state index in [-0.39, 0.29) is 43.6 Å². The number of benzene rings is 1. The highest BCUT2D eigenvalue weighted by Crippen LogP contribution is 2.51. The maximum atomic E-state index is 12.8. The van der Waals surface area contributed by atoms with Crippen LogP contribution in [0.25, 0.3) is 10.9 Å². The molecule has 3 rings (SSSR count). The topological polar surface area (TPSA) is 109 Å². The number of carbonyl (C=O) groups excluding carboxylic acids is 1. The minimum atomic E-state index is -3.71. The predicted octanol–water partition coefficient (Wildman–Crippen LogP) is 4.09. The number of Topliss-reactive ketones (excluding diaryl/α,β-unsaturated/α-hetero) is 1. The number of phosphoric ester groups is 1. The van der Waals surface area contributed by atoms with Gasteiger partial charge in [-0.3, -0.25) is 27.7 Å². The summed E-state index contributed by atoms with van der Waals surface area (Å²) in [6.45, 7) is 4.33. The van der Waals surface area contributed by atoms with Gasteiger partial charge in [0.1, 0.15) is 0 Å². The summed E-state index contributed by atoms with van der Waals surface area (Å²) in [5.41, 5.74) is 0.138. The van der Waals surface area contributed by atoms with Crippen LogP contribution in [0.3, 0.4) is 0 Å². The number of nitrogens with one attached hydrogen (secondary N) is 1. The van der Waals surface area contributed by atoms with Gasteiger partial charge in [-0.05, 0) is 61.3 Å². The Morgan fingerprint density at radius 2 is 2.06 bits per heavy atom. The second-order valence-electron chi connectivity index (χ2n) is 7.33. The molecule has 0 aliphatic carbocycles. The first-order chi connectivity index (χ1) is 15.3. The Morgan fingerprint density at radius 3 is 2.75 bits per heavy atom. The highest BCUT2D eigenvalue weighted by molar-refractivity contribution is 9.10. The molecular formula is C20H26BrClN3O6P. The molecule has 1 aliphatic rings. The molecule has 0 spiro atoms. The van der Waals surface area contributed by atoms with Crippen molar-refractivity contribution in [1.82, 2.24) is 14.9 Å². The molecule has 1 aliphatic heterocycles. The van der Waals surface area contributed by atoms with E-state index in [9.17, 15) is 14.2 Å². The predicted molar refractivity (Wildman–Crippen MR) is 125 cm³/mol. The number of aromatic nitrogens is 2. The third-order valence-electron chi connectivity index (χ3n) is 5.02. The maximum absolute atomic E-state index is 12.8. The van der Waals surface area contributed by atoms with Gasteiger partial charge in [0.05, 0.1) is 48.1 Å². The number of fused-ring (bicyclic) bond motifs is 1. The van der Waals surface area contributed by atoms with Crippen molar-refractivity contribution < 1.29 is 22.9 Å². The Balaban J connectivity index is 1.72. The van der Waals surface area contributed by atoms with Gasteiger partial charge in [0.15, 0.2) is 5.78 Å². The van der Waals surface area contributed by atoms with E-state index in [0.29, 0.717) is 33.4 Å². The third-order valence-corrected chi connectivity index (χ3v) is 7.89. The van der Waals surface area contributed by atoms with E-state index in [0.717, 1.165) is 6.42 Å². The molecule has 1 aromatic heterocycles. The van der Waals surface area contributed by atoms with E-state index in [1.165, 1.54) is 17.0 Å². The van der Waals surface area contributed by atoms with Crippen LogP contribution >= 0.6 is 35.4 Å². The molecule has 0 amide bonds. The third kappa shape index (κ3) is 6.26. The van der Waals surface area contributed by atoms with Gasteiger partial charge in [0, 0.05) is 16.9 Å². The van der Waals surface area contributed by atoms with Gasteiger partial charge in [-0.25, -0.2) is 9.55 Å². The minimum absolute atomic E-state index is 0.0918. The Morgan fingerprint density at radius 1 is 1.34 bits per heavy atom. The average Bonchev–Trinajstić information content (AvgIpc) is 2.73. The van der Waals surface area contributed by atoms with Gasteiger partial charge in [0.25, 0.3) is 5.56 Å². The number of carbonyl (C=O) groups is 1. The first kappa shape index (κ1) is 25.5. The van der Waals surface area contributed by atoms with Gasteiger partial charge in [-0.15, -0.1) is 0 Å². The van der Waals surface area contributed by atoms with Crippen LogP contribution in [-0.4, -0.2) is 47.2 Å². The summed E-state index contributed by atoms with van der Waals surface area (Å²) in [6.07, 6.45) is 2.34. The standard InChI is InChI=1S/C20H26BrClN3O6P/c1-3-29-32(28,30-4-2)31-19-6-5-7-23-18(19)8-13(26)11-25-12-24-17-10-15(21)16(22)9-14(17)20(25)27/h9-10,12,18-19,23H,3-8,11H2,1-2H3/t18-,19+/m0/s1. The Bertz CT molecular complexity index is 1070. The molecule has 2 heterocycles. The number of hydrogen-bond acceptors (Lipinski definition) is 8. The molecule has 0 bridgehead atoms. The molecule has 9 nitrogen and oxygen atoms in total. The van der Waals surface area contributed by atoms with Crippen LogP contribution in [0.5, 0.6) is 0 Å².